The van der Waals surface area contributed by atoms with E-state index < -0.39 is 0 Å². The summed E-state index contributed by atoms with van der Waals surface area (Å²) in [4.78, 5) is 8.04. The summed E-state index contributed by atoms with van der Waals surface area (Å²) in [5.74, 6) is 0. The Morgan fingerprint density at radius 1 is 1.10 bits per heavy atom. The summed E-state index contributed by atoms with van der Waals surface area (Å²) >= 11 is 12.1. The van der Waals surface area contributed by atoms with Gasteiger partial charge >= 0.3 is 0 Å². The first-order valence-electron chi connectivity index (χ1n) is 6.64. The SMILES string of the molecule is CC(=Nc1ccc(Cl)cc1Cl)c1[nH]c2ccccc2c1C. The molecule has 21 heavy (non-hydrogen) atoms. The zero-order chi connectivity index (χ0) is 15.0. The molecule has 0 aliphatic carbocycles. The number of benzene rings is 2. The van der Waals surface area contributed by atoms with E-state index in [2.05, 4.69) is 29.0 Å². The molecule has 1 heterocycles. The largest absolute Gasteiger partial charge is 0.353 e. The molecule has 0 saturated carbocycles. The lowest BCUT2D eigenvalue weighted by atomic mass is 10.1. The Bertz CT molecular complexity index is 847. The number of hydrogen-bond acceptors (Lipinski definition) is 1. The lowest BCUT2D eigenvalue weighted by molar-refractivity contribution is 1.34. The van der Waals surface area contributed by atoms with Gasteiger partial charge in [-0.15, -0.1) is 0 Å². The van der Waals surface area contributed by atoms with Crippen LogP contribution >= 0.6 is 23.2 Å². The second-order valence-electron chi connectivity index (χ2n) is 4.96. The lowest BCUT2D eigenvalue weighted by Crippen LogP contribution is -1.96. The van der Waals surface area contributed by atoms with E-state index in [4.69, 9.17) is 23.2 Å². The van der Waals surface area contributed by atoms with Crippen LogP contribution in [-0.4, -0.2) is 10.7 Å². The van der Waals surface area contributed by atoms with Crippen molar-refractivity contribution in [2.75, 3.05) is 0 Å². The molecular formula is C17H14Cl2N2. The maximum absolute atomic E-state index is 6.18. The summed E-state index contributed by atoms with van der Waals surface area (Å²) in [6.07, 6.45) is 0. The minimum absolute atomic E-state index is 0.551. The van der Waals surface area contributed by atoms with Gasteiger partial charge in [0.15, 0.2) is 0 Å². The number of aromatic nitrogens is 1. The Balaban J connectivity index is 2.09. The second-order valence-corrected chi connectivity index (χ2v) is 5.81. The van der Waals surface area contributed by atoms with Crippen molar-refractivity contribution in [3.05, 3.63) is 63.8 Å². The number of aliphatic imine (C=N–C) groups is 1. The first kappa shape index (κ1) is 14.2. The zero-order valence-corrected chi connectivity index (χ0v) is 13.3. The van der Waals surface area contributed by atoms with Crippen molar-refractivity contribution in [2.45, 2.75) is 13.8 Å². The first-order valence-corrected chi connectivity index (χ1v) is 7.40. The maximum atomic E-state index is 6.18. The molecule has 0 atom stereocenters. The lowest BCUT2D eigenvalue weighted by Gasteiger charge is -2.03. The molecule has 3 rings (SSSR count). The Morgan fingerprint density at radius 2 is 1.86 bits per heavy atom. The third-order valence-corrected chi connectivity index (χ3v) is 4.06. The topological polar surface area (TPSA) is 28.1 Å². The molecule has 0 aliphatic rings. The third-order valence-electron chi connectivity index (χ3n) is 3.53. The number of H-pyrrole nitrogens is 1. The van der Waals surface area contributed by atoms with Crippen LogP contribution in [0, 0.1) is 6.92 Å². The molecule has 106 valence electrons. The number of halogens is 2. The van der Waals surface area contributed by atoms with Crippen molar-refractivity contribution in [3.63, 3.8) is 0 Å². The van der Waals surface area contributed by atoms with E-state index in [9.17, 15) is 0 Å². The van der Waals surface area contributed by atoms with Crippen molar-refractivity contribution in [1.82, 2.24) is 4.98 Å². The van der Waals surface area contributed by atoms with E-state index in [-0.39, 0.29) is 0 Å². The van der Waals surface area contributed by atoms with Crippen LogP contribution in [-0.2, 0) is 0 Å². The molecule has 4 heteroatoms. The highest BCUT2D eigenvalue weighted by molar-refractivity contribution is 6.36. The van der Waals surface area contributed by atoms with Gasteiger partial charge in [0.05, 0.1) is 22.1 Å². The Labute approximate surface area is 133 Å². The van der Waals surface area contributed by atoms with Crippen LogP contribution in [0.5, 0.6) is 0 Å². The van der Waals surface area contributed by atoms with Crippen molar-refractivity contribution < 1.29 is 0 Å². The average Bonchev–Trinajstić information content (AvgIpc) is 2.80. The number of nitrogens with one attached hydrogen (secondary N) is 1. The van der Waals surface area contributed by atoms with Gasteiger partial charge in [-0.3, -0.25) is 4.99 Å². The minimum Gasteiger partial charge on any atom is -0.353 e. The number of aryl methyl sites for hydroxylation is 1. The summed E-state index contributed by atoms with van der Waals surface area (Å²) in [5, 5.41) is 2.37. The van der Waals surface area contributed by atoms with Gasteiger partial charge in [0.25, 0.3) is 0 Å². The molecule has 0 unspecified atom stereocenters. The van der Waals surface area contributed by atoms with E-state index >= 15 is 0 Å². The summed E-state index contributed by atoms with van der Waals surface area (Å²) in [5.41, 5.74) is 4.95. The van der Waals surface area contributed by atoms with Gasteiger partial charge in [0.2, 0.25) is 0 Å². The van der Waals surface area contributed by atoms with Gasteiger partial charge < -0.3 is 4.98 Å². The normalized spacial score (nSPS) is 12.1. The highest BCUT2D eigenvalue weighted by Gasteiger charge is 2.10. The molecule has 0 spiro atoms. The fourth-order valence-electron chi connectivity index (χ4n) is 2.45. The summed E-state index contributed by atoms with van der Waals surface area (Å²) < 4.78 is 0. The smallest absolute Gasteiger partial charge is 0.0820 e. The van der Waals surface area contributed by atoms with E-state index in [0.717, 1.165) is 22.6 Å². The molecule has 3 aromatic rings. The molecule has 1 N–H and O–H groups in total. The third kappa shape index (κ3) is 2.69. The van der Waals surface area contributed by atoms with Crippen LogP contribution in [0.2, 0.25) is 10.0 Å². The van der Waals surface area contributed by atoms with Crippen molar-refractivity contribution in [2.24, 2.45) is 4.99 Å². The van der Waals surface area contributed by atoms with Crippen LogP contribution in [0.4, 0.5) is 5.69 Å². The predicted molar refractivity (Wildman–Crippen MR) is 91.4 cm³/mol. The molecule has 2 aromatic carbocycles. The molecule has 0 amide bonds. The van der Waals surface area contributed by atoms with Crippen LogP contribution in [0.3, 0.4) is 0 Å². The van der Waals surface area contributed by atoms with Crippen molar-refractivity contribution >= 4 is 45.5 Å². The second kappa shape index (κ2) is 5.55. The summed E-state index contributed by atoms with van der Waals surface area (Å²) in [6, 6.07) is 13.5. The Kier molecular flexibility index (Phi) is 3.75. The molecule has 0 fully saturated rings. The molecule has 2 nitrogen and oxygen atoms in total. The van der Waals surface area contributed by atoms with Gasteiger partial charge in [0, 0.05) is 15.9 Å². The summed E-state index contributed by atoms with van der Waals surface area (Å²) in [6.45, 7) is 4.07. The van der Waals surface area contributed by atoms with Crippen molar-refractivity contribution in [1.29, 1.82) is 0 Å². The maximum Gasteiger partial charge on any atom is 0.0820 e. The highest BCUT2D eigenvalue weighted by Crippen LogP contribution is 2.29. The van der Waals surface area contributed by atoms with E-state index in [1.807, 2.05) is 25.1 Å². The van der Waals surface area contributed by atoms with E-state index in [0.29, 0.717) is 10.0 Å². The van der Waals surface area contributed by atoms with Gasteiger partial charge in [-0.1, -0.05) is 41.4 Å². The van der Waals surface area contributed by atoms with Crippen molar-refractivity contribution in [3.8, 4) is 0 Å². The fraction of sp³-hybridized carbons (Fsp3) is 0.118. The van der Waals surface area contributed by atoms with E-state index in [1.165, 1.54) is 10.9 Å². The number of aromatic amines is 1. The van der Waals surface area contributed by atoms with Gasteiger partial charge in [-0.2, -0.15) is 0 Å². The van der Waals surface area contributed by atoms with Gasteiger partial charge in [0.1, 0.15) is 0 Å². The van der Waals surface area contributed by atoms with Gasteiger partial charge in [-0.05, 0) is 43.7 Å². The Morgan fingerprint density at radius 3 is 2.57 bits per heavy atom. The molecule has 0 aliphatic heterocycles. The number of fused-ring (bicyclic) bond motifs is 1. The van der Waals surface area contributed by atoms with Crippen LogP contribution < -0.4 is 0 Å². The van der Waals surface area contributed by atoms with Crippen LogP contribution in [0.25, 0.3) is 10.9 Å². The minimum atomic E-state index is 0.551. The highest BCUT2D eigenvalue weighted by atomic mass is 35.5. The van der Waals surface area contributed by atoms with Crippen LogP contribution in [0.15, 0.2) is 47.5 Å². The zero-order valence-electron chi connectivity index (χ0n) is 11.7. The number of nitrogens with zero attached hydrogens (tertiary/aromatic N) is 1. The fourth-order valence-corrected chi connectivity index (χ4v) is 2.90. The monoisotopic (exact) mass is 316 g/mol. The molecular weight excluding hydrogens is 303 g/mol. The summed E-state index contributed by atoms with van der Waals surface area (Å²) in [7, 11) is 0. The quantitative estimate of drug-likeness (QED) is 0.568. The van der Waals surface area contributed by atoms with Gasteiger partial charge in [-0.25, -0.2) is 0 Å². The molecule has 0 bridgehead atoms. The molecule has 0 saturated heterocycles. The number of hydrogen-bond donors (Lipinski definition) is 1. The number of para-hydroxylation sites is 1. The van der Waals surface area contributed by atoms with Crippen LogP contribution in [0.1, 0.15) is 18.2 Å². The average molecular weight is 317 g/mol. The first-order chi connectivity index (χ1) is 10.1. The standard InChI is InChI=1S/C17H14Cl2N2/c1-10-13-5-3-4-6-15(13)21-17(10)11(2)20-16-8-7-12(18)9-14(16)19/h3-9,21H,1-2H3. The van der Waals surface area contributed by atoms with E-state index in [1.54, 1.807) is 12.1 Å². The predicted octanol–water partition coefficient (Wildman–Crippen LogP) is 5.92. The number of rotatable bonds is 2. The molecule has 1 aromatic heterocycles. The molecule has 0 radical (unpaired) electrons. The Hall–Kier alpha value is -1.77.